The highest BCUT2D eigenvalue weighted by atomic mass is 16.7. The fourth-order valence-electron chi connectivity index (χ4n) is 1.96. The van der Waals surface area contributed by atoms with Gasteiger partial charge in [0.15, 0.2) is 6.29 Å². The van der Waals surface area contributed by atoms with Crippen LogP contribution >= 0.6 is 0 Å². The largest absolute Gasteiger partial charge is 0.353 e. The molecule has 0 aliphatic carbocycles. The second-order valence-electron chi connectivity index (χ2n) is 5.24. The van der Waals surface area contributed by atoms with Crippen molar-refractivity contribution in [3.8, 4) is 0 Å². The summed E-state index contributed by atoms with van der Waals surface area (Å²) < 4.78 is 11.4. The molecule has 1 fully saturated rings. The summed E-state index contributed by atoms with van der Waals surface area (Å²) in [6, 6.07) is 0. The molecule has 1 rings (SSSR count). The first-order valence-electron chi connectivity index (χ1n) is 6.48. The number of hydrogen-bond acceptors (Lipinski definition) is 2. The monoisotopic (exact) mass is 226 g/mol. The number of rotatable bonds is 5. The Morgan fingerprint density at radius 1 is 1.44 bits per heavy atom. The van der Waals surface area contributed by atoms with Gasteiger partial charge in [-0.15, -0.1) is 0 Å². The zero-order valence-corrected chi connectivity index (χ0v) is 11.2. The van der Waals surface area contributed by atoms with Crippen LogP contribution < -0.4 is 0 Å². The summed E-state index contributed by atoms with van der Waals surface area (Å²) in [5, 5.41) is 0. The summed E-state index contributed by atoms with van der Waals surface area (Å²) in [5.41, 5.74) is 1.41. The van der Waals surface area contributed by atoms with Gasteiger partial charge in [-0.1, -0.05) is 18.6 Å². The van der Waals surface area contributed by atoms with E-state index in [4.69, 9.17) is 9.47 Å². The molecule has 0 spiro atoms. The minimum absolute atomic E-state index is 0.0328. The van der Waals surface area contributed by atoms with Crippen molar-refractivity contribution >= 4 is 0 Å². The van der Waals surface area contributed by atoms with Gasteiger partial charge in [0.2, 0.25) is 0 Å². The van der Waals surface area contributed by atoms with Gasteiger partial charge in [0.25, 0.3) is 0 Å². The predicted molar refractivity (Wildman–Crippen MR) is 67.4 cm³/mol. The first-order valence-corrected chi connectivity index (χ1v) is 6.48. The molecule has 1 heterocycles. The van der Waals surface area contributed by atoms with Crippen molar-refractivity contribution in [1.29, 1.82) is 0 Å². The van der Waals surface area contributed by atoms with Gasteiger partial charge >= 0.3 is 0 Å². The molecule has 1 saturated heterocycles. The maximum Gasteiger partial charge on any atom is 0.158 e. The van der Waals surface area contributed by atoms with Crippen LogP contribution in [0, 0.1) is 5.92 Å². The topological polar surface area (TPSA) is 18.5 Å². The number of allylic oxidation sites excluding steroid dienone is 2. The van der Waals surface area contributed by atoms with E-state index < -0.39 is 0 Å². The van der Waals surface area contributed by atoms with Crippen molar-refractivity contribution < 1.29 is 9.47 Å². The molecule has 0 bridgehead atoms. The van der Waals surface area contributed by atoms with E-state index in [2.05, 4.69) is 33.8 Å². The maximum absolute atomic E-state index is 5.75. The summed E-state index contributed by atoms with van der Waals surface area (Å²) in [5.74, 6) is 0.672. The second kappa shape index (κ2) is 7.08. The Morgan fingerprint density at radius 3 is 2.81 bits per heavy atom. The van der Waals surface area contributed by atoms with Crippen molar-refractivity contribution in [2.45, 2.75) is 65.8 Å². The minimum atomic E-state index is 0.0328. The quantitative estimate of drug-likeness (QED) is 0.662. The average molecular weight is 226 g/mol. The highest BCUT2D eigenvalue weighted by Gasteiger charge is 2.21. The lowest BCUT2D eigenvalue weighted by molar-refractivity contribution is -0.214. The summed E-state index contributed by atoms with van der Waals surface area (Å²) in [7, 11) is 0. The molecule has 2 nitrogen and oxygen atoms in total. The van der Waals surface area contributed by atoms with E-state index in [0.29, 0.717) is 12.0 Å². The van der Waals surface area contributed by atoms with Crippen LogP contribution in [0.5, 0.6) is 0 Å². The van der Waals surface area contributed by atoms with Crippen molar-refractivity contribution in [1.82, 2.24) is 0 Å². The van der Waals surface area contributed by atoms with Crippen molar-refractivity contribution in [2.75, 3.05) is 6.61 Å². The SMILES string of the molecule is CC(C)=CCC[C@H](C)C[C@H]1OCC[C@H](C)O1. The average Bonchev–Trinajstić information content (AvgIpc) is 2.16. The maximum atomic E-state index is 5.75. The molecule has 1 aliphatic rings. The summed E-state index contributed by atoms with van der Waals surface area (Å²) in [4.78, 5) is 0. The predicted octanol–water partition coefficient (Wildman–Crippen LogP) is 3.91. The van der Waals surface area contributed by atoms with Gasteiger partial charge in [-0.05, 0) is 46.0 Å². The Kier molecular flexibility index (Phi) is 6.07. The van der Waals surface area contributed by atoms with Gasteiger partial charge in [-0.2, -0.15) is 0 Å². The highest BCUT2D eigenvalue weighted by molar-refractivity contribution is 4.92. The molecule has 1 aliphatic heterocycles. The molecule has 2 heteroatoms. The van der Waals surface area contributed by atoms with Gasteiger partial charge < -0.3 is 9.47 Å². The lowest BCUT2D eigenvalue weighted by atomic mass is 10.0. The van der Waals surface area contributed by atoms with Crippen molar-refractivity contribution in [2.24, 2.45) is 5.92 Å². The molecular formula is C14H26O2. The summed E-state index contributed by atoms with van der Waals surface area (Å²) in [6.45, 7) is 9.57. The normalized spacial score (nSPS) is 27.5. The molecule has 0 amide bonds. The Bertz CT molecular complexity index is 219. The smallest absolute Gasteiger partial charge is 0.158 e. The third kappa shape index (κ3) is 5.66. The van der Waals surface area contributed by atoms with E-state index in [0.717, 1.165) is 19.4 Å². The first kappa shape index (κ1) is 13.7. The Hall–Kier alpha value is -0.340. The fraction of sp³-hybridized carbons (Fsp3) is 0.857. The zero-order valence-electron chi connectivity index (χ0n) is 11.2. The molecule has 0 N–H and O–H groups in total. The Labute approximate surface area is 100 Å². The Morgan fingerprint density at radius 2 is 2.19 bits per heavy atom. The van der Waals surface area contributed by atoms with Gasteiger partial charge in [0.1, 0.15) is 0 Å². The van der Waals surface area contributed by atoms with Gasteiger partial charge in [-0.3, -0.25) is 0 Å². The minimum Gasteiger partial charge on any atom is -0.353 e. The van der Waals surface area contributed by atoms with Crippen LogP contribution in [0.1, 0.15) is 53.4 Å². The lowest BCUT2D eigenvalue weighted by Gasteiger charge is -2.29. The third-order valence-electron chi connectivity index (χ3n) is 3.02. The molecule has 94 valence electrons. The van der Waals surface area contributed by atoms with Crippen LogP contribution in [0.25, 0.3) is 0 Å². The molecule has 0 saturated carbocycles. The molecule has 16 heavy (non-hydrogen) atoms. The summed E-state index contributed by atoms with van der Waals surface area (Å²) >= 11 is 0. The molecular weight excluding hydrogens is 200 g/mol. The zero-order chi connectivity index (χ0) is 12.0. The lowest BCUT2D eigenvalue weighted by Crippen LogP contribution is -2.31. The molecule has 0 radical (unpaired) electrons. The third-order valence-corrected chi connectivity index (χ3v) is 3.02. The number of ether oxygens (including phenoxy) is 2. The van der Waals surface area contributed by atoms with E-state index >= 15 is 0 Å². The molecule has 0 aromatic heterocycles. The fourth-order valence-corrected chi connectivity index (χ4v) is 1.96. The molecule has 0 aromatic rings. The van der Waals surface area contributed by atoms with E-state index in [1.165, 1.54) is 18.4 Å². The van der Waals surface area contributed by atoms with E-state index in [-0.39, 0.29) is 6.29 Å². The Balaban J connectivity index is 2.17. The van der Waals surface area contributed by atoms with Crippen LogP contribution in [-0.2, 0) is 9.47 Å². The standard InChI is InChI=1S/C14H26O2/c1-11(2)6-5-7-12(3)10-14-15-9-8-13(4)16-14/h6,12-14H,5,7-10H2,1-4H3/t12-,13-,14-/m0/s1. The van der Waals surface area contributed by atoms with Gasteiger partial charge in [-0.25, -0.2) is 0 Å². The van der Waals surface area contributed by atoms with Gasteiger partial charge in [0, 0.05) is 6.42 Å². The van der Waals surface area contributed by atoms with Crippen LogP contribution in [0.2, 0.25) is 0 Å². The van der Waals surface area contributed by atoms with E-state index in [1.807, 2.05) is 0 Å². The van der Waals surface area contributed by atoms with Gasteiger partial charge in [0.05, 0.1) is 12.7 Å². The first-order chi connectivity index (χ1) is 7.58. The van der Waals surface area contributed by atoms with Crippen LogP contribution in [-0.4, -0.2) is 19.0 Å². The second-order valence-corrected chi connectivity index (χ2v) is 5.24. The van der Waals surface area contributed by atoms with E-state index in [9.17, 15) is 0 Å². The van der Waals surface area contributed by atoms with Crippen LogP contribution in [0.4, 0.5) is 0 Å². The molecule has 0 unspecified atom stereocenters. The number of hydrogen-bond donors (Lipinski definition) is 0. The van der Waals surface area contributed by atoms with Crippen molar-refractivity contribution in [3.63, 3.8) is 0 Å². The highest BCUT2D eigenvalue weighted by Crippen LogP contribution is 2.21. The molecule has 0 aromatic carbocycles. The van der Waals surface area contributed by atoms with Crippen molar-refractivity contribution in [3.05, 3.63) is 11.6 Å². The van der Waals surface area contributed by atoms with Crippen LogP contribution in [0.3, 0.4) is 0 Å². The molecule has 3 atom stereocenters. The van der Waals surface area contributed by atoms with E-state index in [1.54, 1.807) is 0 Å². The van der Waals surface area contributed by atoms with Crippen LogP contribution in [0.15, 0.2) is 11.6 Å². The summed E-state index contributed by atoms with van der Waals surface area (Å²) in [6.07, 6.45) is 7.16.